The Balaban J connectivity index is 2.82. The van der Waals surface area contributed by atoms with Crippen LogP contribution in [0.25, 0.3) is 0 Å². The summed E-state index contributed by atoms with van der Waals surface area (Å²) < 4.78 is 0. The Hall–Kier alpha value is -0.780. The van der Waals surface area contributed by atoms with Crippen molar-refractivity contribution in [3.63, 3.8) is 0 Å². The third-order valence-electron chi connectivity index (χ3n) is 2.02. The van der Waals surface area contributed by atoms with Crippen LogP contribution in [0.5, 0.6) is 0 Å². The quantitative estimate of drug-likeness (QED) is 0.638. The van der Waals surface area contributed by atoms with Crippen molar-refractivity contribution in [2.45, 2.75) is 26.7 Å². The van der Waals surface area contributed by atoms with Gasteiger partial charge in [0, 0.05) is 0 Å². The van der Waals surface area contributed by atoms with Crippen LogP contribution in [-0.4, -0.2) is 0 Å². The van der Waals surface area contributed by atoms with Crippen molar-refractivity contribution in [1.82, 2.24) is 0 Å². The van der Waals surface area contributed by atoms with Crippen molar-refractivity contribution < 1.29 is 0 Å². The highest BCUT2D eigenvalue weighted by Crippen LogP contribution is 2.13. The Bertz CT molecular complexity index is 236. The SMILES string of the molecule is [CH2]Cc1ccccc1CC(C)C. The maximum absolute atomic E-state index is 3.92. The molecule has 0 fully saturated rings. The molecule has 0 heteroatoms. The zero-order valence-electron chi connectivity index (χ0n) is 8.01. The van der Waals surface area contributed by atoms with E-state index >= 15 is 0 Å². The average Bonchev–Trinajstić information content (AvgIpc) is 2.04. The molecule has 1 rings (SSSR count). The molecule has 0 bridgehead atoms. The van der Waals surface area contributed by atoms with E-state index in [0.29, 0.717) is 0 Å². The zero-order valence-corrected chi connectivity index (χ0v) is 8.01. The average molecular weight is 161 g/mol. The standard InChI is InChI=1S/C12H17/c1-4-11-7-5-6-8-12(11)9-10(2)3/h5-8,10H,1,4,9H2,2-3H3. The summed E-state index contributed by atoms with van der Waals surface area (Å²) in [6, 6.07) is 8.58. The summed E-state index contributed by atoms with van der Waals surface area (Å²) in [7, 11) is 0. The summed E-state index contributed by atoms with van der Waals surface area (Å²) in [5.41, 5.74) is 2.86. The molecular weight excluding hydrogens is 144 g/mol. The topological polar surface area (TPSA) is 0 Å². The molecule has 0 saturated heterocycles. The molecular formula is C12H17. The van der Waals surface area contributed by atoms with Crippen LogP contribution in [0.15, 0.2) is 24.3 Å². The molecule has 0 N–H and O–H groups in total. The minimum atomic E-state index is 0.734. The normalized spacial score (nSPS) is 10.7. The Kier molecular flexibility index (Phi) is 3.33. The second-order valence-corrected chi connectivity index (χ2v) is 3.62. The highest BCUT2D eigenvalue weighted by molar-refractivity contribution is 5.27. The molecule has 0 heterocycles. The van der Waals surface area contributed by atoms with Gasteiger partial charge in [0.15, 0.2) is 0 Å². The highest BCUT2D eigenvalue weighted by Gasteiger charge is 2.01. The predicted molar refractivity (Wildman–Crippen MR) is 54.0 cm³/mol. The lowest BCUT2D eigenvalue weighted by Crippen LogP contribution is -1.98. The second-order valence-electron chi connectivity index (χ2n) is 3.62. The lowest BCUT2D eigenvalue weighted by atomic mass is 9.97. The Morgan fingerprint density at radius 1 is 1.17 bits per heavy atom. The largest absolute Gasteiger partial charge is 0.0625 e. The van der Waals surface area contributed by atoms with Crippen LogP contribution < -0.4 is 0 Å². The van der Waals surface area contributed by atoms with Crippen LogP contribution in [-0.2, 0) is 12.8 Å². The van der Waals surface area contributed by atoms with Crippen LogP contribution in [0, 0.1) is 12.8 Å². The molecule has 0 saturated carbocycles. The summed E-state index contributed by atoms with van der Waals surface area (Å²) in [5.74, 6) is 0.734. The first-order chi connectivity index (χ1) is 5.74. The van der Waals surface area contributed by atoms with Gasteiger partial charge in [-0.25, -0.2) is 0 Å². The molecule has 0 amide bonds. The van der Waals surface area contributed by atoms with Crippen LogP contribution in [0.4, 0.5) is 0 Å². The Morgan fingerprint density at radius 2 is 1.75 bits per heavy atom. The molecule has 1 aromatic rings. The molecule has 0 aliphatic carbocycles. The van der Waals surface area contributed by atoms with Crippen LogP contribution in [0.3, 0.4) is 0 Å². The minimum absolute atomic E-state index is 0.734. The van der Waals surface area contributed by atoms with E-state index in [2.05, 4.69) is 45.0 Å². The van der Waals surface area contributed by atoms with Gasteiger partial charge in [-0.1, -0.05) is 38.1 Å². The molecule has 0 aromatic heterocycles. The van der Waals surface area contributed by atoms with Gasteiger partial charge in [-0.3, -0.25) is 0 Å². The molecule has 0 aliphatic heterocycles. The van der Waals surface area contributed by atoms with Crippen LogP contribution in [0.2, 0.25) is 0 Å². The maximum Gasteiger partial charge on any atom is -0.0253 e. The second kappa shape index (κ2) is 4.30. The van der Waals surface area contributed by atoms with Crippen molar-refractivity contribution in [3.8, 4) is 0 Å². The first-order valence-corrected chi connectivity index (χ1v) is 4.60. The Labute approximate surface area is 75.6 Å². The van der Waals surface area contributed by atoms with Crippen molar-refractivity contribution in [2.75, 3.05) is 0 Å². The van der Waals surface area contributed by atoms with E-state index in [1.54, 1.807) is 0 Å². The van der Waals surface area contributed by atoms with Gasteiger partial charge in [-0.05, 0) is 36.8 Å². The number of hydrogen-bond donors (Lipinski definition) is 0. The third kappa shape index (κ3) is 2.37. The number of benzene rings is 1. The molecule has 65 valence electrons. The molecule has 12 heavy (non-hydrogen) atoms. The lowest BCUT2D eigenvalue weighted by molar-refractivity contribution is 0.644. The smallest absolute Gasteiger partial charge is 0.0253 e. The van der Waals surface area contributed by atoms with Gasteiger partial charge < -0.3 is 0 Å². The van der Waals surface area contributed by atoms with Gasteiger partial charge in [0.25, 0.3) is 0 Å². The first kappa shape index (κ1) is 9.31. The monoisotopic (exact) mass is 161 g/mol. The fourth-order valence-electron chi connectivity index (χ4n) is 1.44. The summed E-state index contributed by atoms with van der Waals surface area (Å²) in [4.78, 5) is 0. The fourth-order valence-corrected chi connectivity index (χ4v) is 1.44. The van der Waals surface area contributed by atoms with E-state index in [4.69, 9.17) is 0 Å². The van der Waals surface area contributed by atoms with Gasteiger partial charge >= 0.3 is 0 Å². The van der Waals surface area contributed by atoms with Crippen molar-refractivity contribution in [1.29, 1.82) is 0 Å². The lowest BCUT2D eigenvalue weighted by Gasteiger charge is -2.09. The van der Waals surface area contributed by atoms with E-state index in [9.17, 15) is 0 Å². The third-order valence-corrected chi connectivity index (χ3v) is 2.02. The van der Waals surface area contributed by atoms with Gasteiger partial charge in [0.1, 0.15) is 0 Å². The minimum Gasteiger partial charge on any atom is -0.0625 e. The van der Waals surface area contributed by atoms with Crippen LogP contribution in [0.1, 0.15) is 25.0 Å². The van der Waals surface area contributed by atoms with Gasteiger partial charge in [-0.15, -0.1) is 0 Å². The highest BCUT2D eigenvalue weighted by atomic mass is 14.1. The summed E-state index contributed by atoms with van der Waals surface area (Å²) in [5, 5.41) is 0. The van der Waals surface area contributed by atoms with Crippen molar-refractivity contribution in [3.05, 3.63) is 42.3 Å². The summed E-state index contributed by atoms with van der Waals surface area (Å²) in [6.45, 7) is 8.42. The van der Waals surface area contributed by atoms with E-state index in [1.807, 2.05) is 0 Å². The zero-order chi connectivity index (χ0) is 8.97. The molecule has 0 nitrogen and oxygen atoms in total. The predicted octanol–water partition coefficient (Wildman–Crippen LogP) is 3.26. The summed E-state index contributed by atoms with van der Waals surface area (Å²) >= 11 is 0. The Morgan fingerprint density at radius 3 is 2.25 bits per heavy atom. The first-order valence-electron chi connectivity index (χ1n) is 4.60. The number of rotatable bonds is 3. The van der Waals surface area contributed by atoms with E-state index in [0.717, 1.165) is 12.3 Å². The van der Waals surface area contributed by atoms with Crippen LogP contribution >= 0.6 is 0 Å². The van der Waals surface area contributed by atoms with Gasteiger partial charge in [0.05, 0.1) is 0 Å². The molecule has 0 aliphatic rings. The van der Waals surface area contributed by atoms with Gasteiger partial charge in [-0.2, -0.15) is 0 Å². The van der Waals surface area contributed by atoms with E-state index in [1.165, 1.54) is 17.5 Å². The summed E-state index contributed by atoms with van der Waals surface area (Å²) in [6.07, 6.45) is 2.08. The molecule has 0 unspecified atom stereocenters. The molecule has 1 aromatic carbocycles. The number of hydrogen-bond acceptors (Lipinski definition) is 0. The van der Waals surface area contributed by atoms with E-state index < -0.39 is 0 Å². The molecule has 0 spiro atoms. The van der Waals surface area contributed by atoms with Crippen molar-refractivity contribution in [2.24, 2.45) is 5.92 Å². The fraction of sp³-hybridized carbons (Fsp3) is 0.417. The molecule has 1 radical (unpaired) electrons. The van der Waals surface area contributed by atoms with E-state index in [-0.39, 0.29) is 0 Å². The van der Waals surface area contributed by atoms with Crippen molar-refractivity contribution >= 4 is 0 Å². The molecule has 0 atom stereocenters. The van der Waals surface area contributed by atoms with Gasteiger partial charge in [0.2, 0.25) is 0 Å². The maximum atomic E-state index is 3.92.